The number of carbonyl (C=O) groups is 2. The van der Waals surface area contributed by atoms with E-state index in [4.69, 9.17) is 11.6 Å². The van der Waals surface area contributed by atoms with Crippen molar-refractivity contribution < 1.29 is 22.8 Å². The van der Waals surface area contributed by atoms with Crippen molar-refractivity contribution in [1.29, 1.82) is 0 Å². The van der Waals surface area contributed by atoms with Gasteiger partial charge in [-0.2, -0.15) is 13.2 Å². The van der Waals surface area contributed by atoms with Gasteiger partial charge >= 0.3 is 6.18 Å². The number of nitrogens with one attached hydrogen (secondary N) is 2. The summed E-state index contributed by atoms with van der Waals surface area (Å²) in [6, 6.07) is 0.0196. The predicted octanol–water partition coefficient (Wildman–Crippen LogP) is 3.03. The molecule has 4 aromatic heterocycles. The van der Waals surface area contributed by atoms with Crippen LogP contribution in [0.4, 0.5) is 19.0 Å². The number of fused-ring (bicyclic) bond motifs is 1. The summed E-state index contributed by atoms with van der Waals surface area (Å²) in [6.45, 7) is 1.64. The Kier molecular flexibility index (Phi) is 6.14. The quantitative estimate of drug-likeness (QED) is 0.416. The van der Waals surface area contributed by atoms with Crippen molar-refractivity contribution >= 4 is 51.7 Å². The number of hydrogen-bond acceptors (Lipinski definition) is 9. The van der Waals surface area contributed by atoms with E-state index >= 15 is 0 Å². The maximum atomic E-state index is 13.0. The Labute approximate surface area is 197 Å². The molecule has 0 aliphatic rings. The smallest absolute Gasteiger partial charge is 0.342 e. The van der Waals surface area contributed by atoms with Crippen LogP contribution >= 0.6 is 22.9 Å². The maximum absolute atomic E-state index is 13.0. The molecular weight excluding hydrogens is 499 g/mol. The summed E-state index contributed by atoms with van der Waals surface area (Å²) in [5.74, 6) is -1.59. The summed E-state index contributed by atoms with van der Waals surface area (Å²) in [6.07, 6.45) is -1.45. The molecule has 0 spiro atoms. The highest BCUT2D eigenvalue weighted by atomic mass is 35.5. The first kappa shape index (κ1) is 23.4. The van der Waals surface area contributed by atoms with Crippen LogP contribution in [0.25, 0.3) is 11.2 Å². The van der Waals surface area contributed by atoms with Crippen LogP contribution < -0.4 is 10.6 Å². The summed E-state index contributed by atoms with van der Waals surface area (Å²) >= 11 is 6.48. The number of nitrogens with zero attached hydrogens (tertiary/aromatic N) is 7. The van der Waals surface area contributed by atoms with Gasteiger partial charge in [0.15, 0.2) is 16.9 Å². The van der Waals surface area contributed by atoms with E-state index in [0.717, 1.165) is 17.5 Å². The SMILES string of the molecule is C[C@H](NC(=O)c1ncnc2c1nnn2C)c1ncc(C(=O)Nc2cc(C(F)(F)F)c(Cl)cn2)s1. The molecule has 2 N–H and O–H groups in total. The third-order valence-electron chi connectivity index (χ3n) is 4.47. The Hall–Kier alpha value is -3.72. The van der Waals surface area contributed by atoms with Crippen LogP contribution in [-0.2, 0) is 13.2 Å². The van der Waals surface area contributed by atoms with E-state index in [1.165, 1.54) is 17.2 Å². The van der Waals surface area contributed by atoms with Gasteiger partial charge in [0.2, 0.25) is 0 Å². The monoisotopic (exact) mass is 511 g/mol. The molecule has 0 saturated carbocycles. The van der Waals surface area contributed by atoms with Gasteiger partial charge < -0.3 is 10.6 Å². The third kappa shape index (κ3) is 4.65. The van der Waals surface area contributed by atoms with Crippen molar-refractivity contribution in [1.82, 2.24) is 40.2 Å². The minimum atomic E-state index is -4.70. The molecule has 4 aromatic rings. The average Bonchev–Trinajstić information content (AvgIpc) is 3.42. The number of anilines is 1. The molecule has 11 nitrogen and oxygen atoms in total. The first-order valence-electron chi connectivity index (χ1n) is 9.35. The highest BCUT2D eigenvalue weighted by Gasteiger charge is 2.34. The average molecular weight is 512 g/mol. The van der Waals surface area contributed by atoms with Gasteiger partial charge in [0.25, 0.3) is 11.8 Å². The van der Waals surface area contributed by atoms with Crippen molar-refractivity contribution in [2.24, 2.45) is 7.05 Å². The minimum Gasteiger partial charge on any atom is -0.342 e. The molecule has 4 rings (SSSR count). The van der Waals surface area contributed by atoms with Crippen LogP contribution in [0.3, 0.4) is 0 Å². The molecule has 0 bridgehead atoms. The highest BCUT2D eigenvalue weighted by Crippen LogP contribution is 2.35. The zero-order chi connectivity index (χ0) is 24.6. The van der Waals surface area contributed by atoms with Crippen LogP contribution in [0.1, 0.15) is 43.7 Å². The van der Waals surface area contributed by atoms with Gasteiger partial charge in [-0.25, -0.2) is 24.6 Å². The summed E-state index contributed by atoms with van der Waals surface area (Å²) < 4.78 is 40.4. The van der Waals surface area contributed by atoms with Crippen LogP contribution in [-0.4, -0.2) is 46.7 Å². The molecule has 16 heteroatoms. The lowest BCUT2D eigenvalue weighted by atomic mass is 10.2. The molecule has 176 valence electrons. The largest absolute Gasteiger partial charge is 0.418 e. The van der Waals surface area contributed by atoms with Crippen molar-refractivity contribution in [3.05, 3.63) is 51.0 Å². The van der Waals surface area contributed by atoms with E-state index in [2.05, 4.69) is 40.9 Å². The molecule has 0 fully saturated rings. The number of alkyl halides is 3. The molecule has 0 saturated heterocycles. The lowest BCUT2D eigenvalue weighted by Crippen LogP contribution is -2.27. The second kappa shape index (κ2) is 8.90. The Morgan fingerprint density at radius 1 is 1.15 bits per heavy atom. The number of aromatic nitrogens is 7. The van der Waals surface area contributed by atoms with Gasteiger partial charge in [0, 0.05) is 13.2 Å². The Morgan fingerprint density at radius 3 is 2.65 bits per heavy atom. The second-order valence-electron chi connectivity index (χ2n) is 6.87. The number of rotatable bonds is 5. The highest BCUT2D eigenvalue weighted by molar-refractivity contribution is 7.13. The Bertz CT molecular complexity index is 1410. The van der Waals surface area contributed by atoms with Gasteiger partial charge in [0.1, 0.15) is 22.0 Å². The molecule has 4 heterocycles. The molecule has 0 radical (unpaired) electrons. The molecular formula is C18H13ClF3N9O2S. The molecule has 0 aliphatic heterocycles. The topological polar surface area (TPSA) is 140 Å². The molecule has 34 heavy (non-hydrogen) atoms. The van der Waals surface area contributed by atoms with E-state index in [0.29, 0.717) is 16.7 Å². The van der Waals surface area contributed by atoms with E-state index < -0.39 is 34.6 Å². The van der Waals surface area contributed by atoms with Crippen LogP contribution in [0.2, 0.25) is 5.02 Å². The number of aryl methyl sites for hydroxylation is 1. The minimum absolute atomic E-state index is 0.0220. The normalized spacial score (nSPS) is 12.5. The fourth-order valence-corrected chi connectivity index (χ4v) is 3.87. The summed E-state index contributed by atoms with van der Waals surface area (Å²) in [5.41, 5.74) is -0.496. The number of thiazole rings is 1. The van der Waals surface area contributed by atoms with Crippen molar-refractivity contribution in [2.75, 3.05) is 5.32 Å². The lowest BCUT2D eigenvalue weighted by molar-refractivity contribution is -0.137. The molecule has 0 aromatic carbocycles. The zero-order valence-corrected chi connectivity index (χ0v) is 18.8. The van der Waals surface area contributed by atoms with Crippen LogP contribution in [0.5, 0.6) is 0 Å². The number of amides is 2. The number of halogens is 4. The van der Waals surface area contributed by atoms with E-state index in [9.17, 15) is 22.8 Å². The first-order valence-corrected chi connectivity index (χ1v) is 10.5. The predicted molar refractivity (Wildman–Crippen MR) is 114 cm³/mol. The molecule has 0 aliphatic carbocycles. The standard InChI is InChI=1S/C18H13ClF3N9O2S/c1-7(27-16(33)13-12-14(26-6-25-13)31(2)30-29-12)17-24-5-10(34-17)15(32)28-11-3-8(18(20,21)22)9(19)4-23-11/h3-7H,1-2H3,(H,27,33)(H,23,28,32)/t7-/m0/s1. The zero-order valence-electron chi connectivity index (χ0n) is 17.3. The number of carbonyl (C=O) groups excluding carboxylic acids is 2. The van der Waals surface area contributed by atoms with Gasteiger partial charge in [-0.15, -0.1) is 16.4 Å². The van der Waals surface area contributed by atoms with E-state index in [1.807, 2.05) is 0 Å². The first-order chi connectivity index (χ1) is 16.0. The van der Waals surface area contributed by atoms with Crippen molar-refractivity contribution in [3.63, 3.8) is 0 Å². The molecule has 1 atom stereocenters. The molecule has 2 amide bonds. The van der Waals surface area contributed by atoms with E-state index in [1.54, 1.807) is 14.0 Å². The number of pyridine rings is 1. The van der Waals surface area contributed by atoms with Gasteiger partial charge in [-0.3, -0.25) is 9.59 Å². The van der Waals surface area contributed by atoms with Crippen molar-refractivity contribution in [2.45, 2.75) is 19.1 Å². The number of hydrogen-bond donors (Lipinski definition) is 2. The second-order valence-corrected chi connectivity index (χ2v) is 8.34. The molecule has 0 unspecified atom stereocenters. The third-order valence-corrected chi connectivity index (χ3v) is 5.95. The van der Waals surface area contributed by atoms with E-state index in [-0.39, 0.29) is 21.9 Å². The maximum Gasteiger partial charge on any atom is 0.418 e. The summed E-state index contributed by atoms with van der Waals surface area (Å²) in [4.78, 5) is 41.0. The van der Waals surface area contributed by atoms with Gasteiger partial charge in [0.05, 0.1) is 22.8 Å². The lowest BCUT2D eigenvalue weighted by Gasteiger charge is -2.11. The van der Waals surface area contributed by atoms with Crippen molar-refractivity contribution in [3.8, 4) is 0 Å². The Balaban J connectivity index is 1.46. The van der Waals surface area contributed by atoms with Gasteiger partial charge in [-0.1, -0.05) is 16.8 Å². The van der Waals surface area contributed by atoms with Gasteiger partial charge in [-0.05, 0) is 13.0 Å². The fraction of sp³-hybridized carbons (Fsp3) is 0.222. The van der Waals surface area contributed by atoms with Crippen LogP contribution in [0.15, 0.2) is 24.8 Å². The summed E-state index contributed by atoms with van der Waals surface area (Å²) in [5, 5.41) is 12.5. The Morgan fingerprint density at radius 2 is 1.91 bits per heavy atom. The van der Waals surface area contributed by atoms with Crippen LogP contribution in [0, 0.1) is 0 Å². The fourth-order valence-electron chi connectivity index (χ4n) is 2.84. The summed E-state index contributed by atoms with van der Waals surface area (Å²) in [7, 11) is 1.62.